The van der Waals surface area contributed by atoms with Gasteiger partial charge in [0.1, 0.15) is 5.75 Å². The van der Waals surface area contributed by atoms with Gasteiger partial charge in [0.2, 0.25) is 0 Å². The van der Waals surface area contributed by atoms with Crippen LogP contribution in [0.3, 0.4) is 0 Å². The second-order valence-electron chi connectivity index (χ2n) is 3.52. The summed E-state index contributed by atoms with van der Waals surface area (Å²) in [4.78, 5) is 10.1. The van der Waals surface area contributed by atoms with Crippen molar-refractivity contribution in [3.63, 3.8) is 0 Å². The van der Waals surface area contributed by atoms with Crippen LogP contribution in [0.4, 0.5) is 5.69 Å². The molecule has 0 N–H and O–H groups in total. The van der Waals surface area contributed by atoms with Gasteiger partial charge >= 0.3 is 0 Å². The third kappa shape index (κ3) is 1.84. The zero-order chi connectivity index (χ0) is 10.1. The van der Waals surface area contributed by atoms with Gasteiger partial charge in [0.15, 0.2) is 0 Å². The Labute approximate surface area is 81.7 Å². The molecule has 74 valence electrons. The Kier molecular flexibility index (Phi) is 2.11. The number of rotatable bonds is 3. The first kappa shape index (κ1) is 8.99. The fourth-order valence-electron chi connectivity index (χ4n) is 1.19. The SMILES string of the molecule is Cc1ccc([N+](=O)[O-])cc1OC1CC1. The van der Waals surface area contributed by atoms with E-state index in [2.05, 4.69) is 0 Å². The molecule has 1 aliphatic carbocycles. The van der Waals surface area contributed by atoms with E-state index in [1.165, 1.54) is 12.1 Å². The van der Waals surface area contributed by atoms with E-state index in [0.29, 0.717) is 5.75 Å². The van der Waals surface area contributed by atoms with Crippen molar-refractivity contribution in [2.75, 3.05) is 0 Å². The number of benzene rings is 1. The van der Waals surface area contributed by atoms with Gasteiger partial charge in [-0.1, -0.05) is 0 Å². The quantitative estimate of drug-likeness (QED) is 0.547. The molecule has 0 spiro atoms. The monoisotopic (exact) mass is 193 g/mol. The summed E-state index contributed by atoms with van der Waals surface area (Å²) < 4.78 is 5.54. The molecule has 0 heterocycles. The van der Waals surface area contributed by atoms with Crippen LogP contribution in [0.25, 0.3) is 0 Å². The normalized spacial score (nSPS) is 15.2. The van der Waals surface area contributed by atoms with Crippen molar-refractivity contribution in [1.82, 2.24) is 0 Å². The Balaban J connectivity index is 2.26. The maximum atomic E-state index is 10.5. The predicted octanol–water partition coefficient (Wildman–Crippen LogP) is 2.44. The number of ether oxygens (including phenoxy) is 1. The summed E-state index contributed by atoms with van der Waals surface area (Å²) in [6.07, 6.45) is 2.39. The number of hydrogen-bond donors (Lipinski definition) is 0. The number of aryl methyl sites for hydroxylation is 1. The molecule has 0 unspecified atom stereocenters. The van der Waals surface area contributed by atoms with E-state index < -0.39 is 4.92 Å². The molecule has 0 bridgehead atoms. The average molecular weight is 193 g/mol. The summed E-state index contributed by atoms with van der Waals surface area (Å²) in [6.45, 7) is 1.89. The minimum Gasteiger partial charge on any atom is -0.490 e. The van der Waals surface area contributed by atoms with E-state index >= 15 is 0 Å². The maximum Gasteiger partial charge on any atom is 0.273 e. The van der Waals surface area contributed by atoms with Crippen molar-refractivity contribution in [1.29, 1.82) is 0 Å². The Morgan fingerprint density at radius 1 is 1.50 bits per heavy atom. The van der Waals surface area contributed by atoms with E-state index in [9.17, 15) is 10.1 Å². The molecule has 1 saturated carbocycles. The van der Waals surface area contributed by atoms with E-state index in [1.807, 2.05) is 6.92 Å². The lowest BCUT2D eigenvalue weighted by molar-refractivity contribution is -0.385. The Hall–Kier alpha value is -1.58. The molecule has 0 atom stereocenters. The zero-order valence-corrected chi connectivity index (χ0v) is 7.90. The van der Waals surface area contributed by atoms with E-state index in [0.717, 1.165) is 18.4 Å². The largest absolute Gasteiger partial charge is 0.490 e. The summed E-state index contributed by atoms with van der Waals surface area (Å²) in [7, 11) is 0. The first-order chi connectivity index (χ1) is 6.66. The highest BCUT2D eigenvalue weighted by Gasteiger charge is 2.24. The fraction of sp³-hybridized carbons (Fsp3) is 0.400. The van der Waals surface area contributed by atoms with Crippen LogP contribution in [0.5, 0.6) is 5.75 Å². The van der Waals surface area contributed by atoms with Crippen LogP contribution in [0.1, 0.15) is 18.4 Å². The zero-order valence-electron chi connectivity index (χ0n) is 7.90. The molecule has 4 nitrogen and oxygen atoms in total. The summed E-state index contributed by atoms with van der Waals surface area (Å²) in [5, 5.41) is 10.5. The molecule has 0 amide bonds. The lowest BCUT2D eigenvalue weighted by Gasteiger charge is -2.06. The lowest BCUT2D eigenvalue weighted by atomic mass is 10.2. The molecule has 0 radical (unpaired) electrons. The lowest BCUT2D eigenvalue weighted by Crippen LogP contribution is -1.98. The standard InChI is InChI=1S/C10H11NO3/c1-7-2-3-8(11(12)13)6-10(7)14-9-4-5-9/h2-3,6,9H,4-5H2,1H3. The number of hydrogen-bond acceptors (Lipinski definition) is 3. The van der Waals surface area contributed by atoms with Gasteiger partial charge in [0.05, 0.1) is 17.1 Å². The summed E-state index contributed by atoms with van der Waals surface area (Å²) in [5.41, 5.74) is 1.04. The van der Waals surface area contributed by atoms with Crippen molar-refractivity contribution < 1.29 is 9.66 Å². The topological polar surface area (TPSA) is 52.4 Å². The van der Waals surface area contributed by atoms with Crippen molar-refractivity contribution in [2.24, 2.45) is 0 Å². The number of nitro groups is 1. The van der Waals surface area contributed by atoms with Crippen LogP contribution in [-0.4, -0.2) is 11.0 Å². The van der Waals surface area contributed by atoms with E-state index in [1.54, 1.807) is 6.07 Å². The molecular weight excluding hydrogens is 182 g/mol. The molecule has 1 aliphatic rings. The molecule has 0 aliphatic heterocycles. The van der Waals surface area contributed by atoms with Crippen LogP contribution in [-0.2, 0) is 0 Å². The fourth-order valence-corrected chi connectivity index (χ4v) is 1.19. The molecule has 1 aromatic carbocycles. The Bertz CT molecular complexity index is 372. The van der Waals surface area contributed by atoms with Crippen molar-refractivity contribution in [3.05, 3.63) is 33.9 Å². The predicted molar refractivity (Wildman–Crippen MR) is 51.5 cm³/mol. The molecule has 2 rings (SSSR count). The first-order valence-corrected chi connectivity index (χ1v) is 4.58. The van der Waals surface area contributed by atoms with E-state index in [4.69, 9.17) is 4.74 Å². The highest BCUT2D eigenvalue weighted by atomic mass is 16.6. The number of nitro benzene ring substituents is 1. The van der Waals surface area contributed by atoms with Crippen LogP contribution in [0.15, 0.2) is 18.2 Å². The van der Waals surface area contributed by atoms with Gasteiger partial charge in [0.25, 0.3) is 5.69 Å². The number of nitrogens with zero attached hydrogens (tertiary/aromatic N) is 1. The van der Waals surface area contributed by atoms with Crippen LogP contribution < -0.4 is 4.74 Å². The molecule has 4 heteroatoms. The Morgan fingerprint density at radius 3 is 2.79 bits per heavy atom. The van der Waals surface area contributed by atoms with Crippen LogP contribution in [0.2, 0.25) is 0 Å². The van der Waals surface area contributed by atoms with Gasteiger partial charge in [-0.3, -0.25) is 10.1 Å². The molecule has 0 aromatic heterocycles. The molecular formula is C10H11NO3. The molecule has 1 fully saturated rings. The second kappa shape index (κ2) is 3.29. The van der Waals surface area contributed by atoms with Crippen LogP contribution in [0, 0.1) is 17.0 Å². The summed E-state index contributed by atoms with van der Waals surface area (Å²) in [6, 6.07) is 4.71. The molecule has 14 heavy (non-hydrogen) atoms. The van der Waals surface area contributed by atoms with Gasteiger partial charge in [-0.25, -0.2) is 0 Å². The minimum atomic E-state index is -0.404. The highest BCUT2D eigenvalue weighted by Crippen LogP contribution is 2.31. The van der Waals surface area contributed by atoms with Crippen LogP contribution >= 0.6 is 0 Å². The van der Waals surface area contributed by atoms with Gasteiger partial charge in [-0.05, 0) is 31.4 Å². The summed E-state index contributed by atoms with van der Waals surface area (Å²) >= 11 is 0. The maximum absolute atomic E-state index is 10.5. The van der Waals surface area contributed by atoms with Crippen molar-refractivity contribution >= 4 is 5.69 Å². The van der Waals surface area contributed by atoms with Gasteiger partial charge in [-0.15, -0.1) is 0 Å². The number of non-ortho nitro benzene ring substituents is 1. The second-order valence-corrected chi connectivity index (χ2v) is 3.52. The smallest absolute Gasteiger partial charge is 0.273 e. The molecule has 1 aromatic rings. The third-order valence-corrected chi connectivity index (χ3v) is 2.20. The highest BCUT2D eigenvalue weighted by molar-refractivity contribution is 5.43. The first-order valence-electron chi connectivity index (χ1n) is 4.58. The van der Waals surface area contributed by atoms with E-state index in [-0.39, 0.29) is 11.8 Å². The molecule has 0 saturated heterocycles. The van der Waals surface area contributed by atoms with Crippen molar-refractivity contribution in [3.8, 4) is 5.75 Å². The van der Waals surface area contributed by atoms with Gasteiger partial charge < -0.3 is 4.74 Å². The average Bonchev–Trinajstić information content (AvgIpc) is 2.92. The minimum absolute atomic E-state index is 0.0891. The Morgan fingerprint density at radius 2 is 2.21 bits per heavy atom. The summed E-state index contributed by atoms with van der Waals surface area (Å²) in [5.74, 6) is 0.640. The van der Waals surface area contributed by atoms with Gasteiger partial charge in [0, 0.05) is 6.07 Å². The van der Waals surface area contributed by atoms with Gasteiger partial charge in [-0.2, -0.15) is 0 Å². The van der Waals surface area contributed by atoms with Crippen molar-refractivity contribution in [2.45, 2.75) is 25.9 Å². The third-order valence-electron chi connectivity index (χ3n) is 2.20.